The molecule has 8 nitrogen and oxygen atoms in total. The summed E-state index contributed by atoms with van der Waals surface area (Å²) in [6, 6.07) is 5.10. The van der Waals surface area contributed by atoms with E-state index in [-0.39, 0.29) is 5.60 Å². The second-order valence-corrected chi connectivity index (χ2v) is 31.4. The van der Waals surface area contributed by atoms with E-state index in [1.165, 1.54) is 168 Å². The van der Waals surface area contributed by atoms with E-state index < -0.39 is 0 Å². The van der Waals surface area contributed by atoms with Crippen LogP contribution in [0.1, 0.15) is 228 Å². The Hall–Kier alpha value is -0.320. The molecule has 440 valence electrons. The third kappa shape index (κ3) is 16.9. The Balaban J connectivity index is 0.000000153. The number of piperidine rings is 2. The van der Waals surface area contributed by atoms with Crippen molar-refractivity contribution >= 4 is 0 Å². The average molecular weight is 1050 g/mol. The van der Waals surface area contributed by atoms with Crippen molar-refractivity contribution in [3.63, 3.8) is 0 Å². The standard InChI is InChI=1S/C16H31N.C14H28N2O.C14H27N.C12H23N.C11H22N2/c1-13(2)15-5-7-16(8-6-15)9-11-17(12-10-16)14(3)4;1-12(2)15-7-5-14(6-8-15)11-16(13(3)4)9-10-17-14;1-11(2)13-5-6-14(9-13)7-8-15(10-14)12(3)4;1-9(2)11-5-12(6-11)7-13(8-12)10(3)4;1-9(2)12-5-11(6-12)7-13(8-11)10(3)4/h13-15H,5-12H2,1-4H3;12-13H,5-11H2,1-4H3;11-13H,5-10H2,1-4H3;9-11H,5-8H2,1-4H3;9-10H,5-8H2,1-4H3. The minimum Gasteiger partial charge on any atom is -0.372 e. The summed E-state index contributed by atoms with van der Waals surface area (Å²) >= 11 is 0. The van der Waals surface area contributed by atoms with Gasteiger partial charge in [-0.3, -0.25) is 19.6 Å². The van der Waals surface area contributed by atoms with E-state index in [9.17, 15) is 0 Å². The Morgan fingerprint density at radius 2 is 0.600 bits per heavy atom. The maximum Gasteiger partial charge on any atom is 0.0833 e. The number of morpholine rings is 1. The molecule has 0 aromatic rings. The number of rotatable bonds is 10. The predicted octanol–water partition coefficient (Wildman–Crippen LogP) is 14.0. The minimum atomic E-state index is 0.161. The summed E-state index contributed by atoms with van der Waals surface area (Å²) in [5.41, 5.74) is 3.11. The maximum atomic E-state index is 6.15. The van der Waals surface area contributed by atoms with Crippen LogP contribution < -0.4 is 0 Å². The first-order valence-electron chi connectivity index (χ1n) is 32.9. The number of hydrogen-bond acceptors (Lipinski definition) is 8. The smallest absolute Gasteiger partial charge is 0.0833 e. The van der Waals surface area contributed by atoms with E-state index in [1.54, 1.807) is 0 Å². The molecule has 0 amide bonds. The molecular weight excluding hydrogens is 919 g/mol. The maximum absolute atomic E-state index is 6.15. The fraction of sp³-hybridized carbons (Fsp3) is 1.00. The summed E-state index contributed by atoms with van der Waals surface area (Å²) in [5, 5.41) is 0. The number of likely N-dealkylation sites (tertiary alicyclic amines) is 6. The van der Waals surface area contributed by atoms with Crippen LogP contribution in [-0.4, -0.2) is 180 Å². The lowest BCUT2D eigenvalue weighted by atomic mass is 9.55. The van der Waals surface area contributed by atoms with E-state index in [1.807, 2.05) is 0 Å². The minimum absolute atomic E-state index is 0.161. The van der Waals surface area contributed by atoms with Crippen molar-refractivity contribution in [3.05, 3.63) is 0 Å². The highest BCUT2D eigenvalue weighted by Crippen LogP contribution is 2.55. The molecule has 0 aromatic heterocycles. The van der Waals surface area contributed by atoms with E-state index in [0.717, 1.165) is 102 Å². The summed E-state index contributed by atoms with van der Waals surface area (Å²) in [6.07, 6.45) is 20.4. The molecule has 7 aliphatic heterocycles. The molecule has 10 fully saturated rings. The summed E-state index contributed by atoms with van der Waals surface area (Å²) in [7, 11) is 0. The second kappa shape index (κ2) is 27.2. The first kappa shape index (κ1) is 63.9. The Morgan fingerprint density at radius 1 is 0.280 bits per heavy atom. The molecular formula is C67H131N7O. The van der Waals surface area contributed by atoms with Crippen LogP contribution in [0.4, 0.5) is 0 Å². The van der Waals surface area contributed by atoms with Crippen molar-refractivity contribution in [1.29, 1.82) is 0 Å². The van der Waals surface area contributed by atoms with Crippen LogP contribution in [0.2, 0.25) is 0 Å². The molecule has 0 aromatic carbocycles. The van der Waals surface area contributed by atoms with Crippen molar-refractivity contribution < 1.29 is 4.74 Å². The molecule has 0 bridgehead atoms. The fourth-order valence-electron chi connectivity index (χ4n) is 16.1. The molecule has 10 aliphatic rings. The van der Waals surface area contributed by atoms with Gasteiger partial charge in [-0.05, 0) is 258 Å². The third-order valence-corrected chi connectivity index (χ3v) is 22.7. The molecule has 75 heavy (non-hydrogen) atoms. The number of nitrogens with zero attached hydrogens (tertiary/aromatic N) is 7. The summed E-state index contributed by atoms with van der Waals surface area (Å²) in [5.74, 6) is 5.79. The van der Waals surface area contributed by atoms with Crippen LogP contribution in [0.3, 0.4) is 0 Å². The molecule has 7 saturated heterocycles. The van der Waals surface area contributed by atoms with Gasteiger partial charge in [0.05, 0.1) is 12.2 Å². The number of ether oxygens (including phenoxy) is 1. The molecule has 0 radical (unpaired) electrons. The lowest BCUT2D eigenvalue weighted by Gasteiger charge is -2.62. The van der Waals surface area contributed by atoms with Crippen LogP contribution in [-0.2, 0) is 4.74 Å². The highest BCUT2D eigenvalue weighted by Gasteiger charge is 2.54. The lowest BCUT2D eigenvalue weighted by Crippen LogP contribution is -2.73. The molecule has 8 heteroatoms. The zero-order valence-electron chi connectivity index (χ0n) is 54.1. The van der Waals surface area contributed by atoms with Gasteiger partial charge in [-0.1, -0.05) is 41.5 Å². The molecule has 0 N–H and O–H groups in total. The molecule has 3 aliphatic carbocycles. The number of hydrogen-bond donors (Lipinski definition) is 0. The van der Waals surface area contributed by atoms with Gasteiger partial charge in [0.25, 0.3) is 0 Å². The Labute approximate surface area is 468 Å². The first-order chi connectivity index (χ1) is 35.1. The van der Waals surface area contributed by atoms with Gasteiger partial charge >= 0.3 is 0 Å². The van der Waals surface area contributed by atoms with Crippen molar-refractivity contribution in [2.75, 3.05) is 98.2 Å². The quantitative estimate of drug-likeness (QED) is 0.214. The Morgan fingerprint density at radius 3 is 0.987 bits per heavy atom. The Bertz CT molecular complexity index is 1470. The molecule has 2 atom stereocenters. The van der Waals surface area contributed by atoms with Crippen molar-refractivity contribution in [3.8, 4) is 0 Å². The monoisotopic (exact) mass is 1050 g/mol. The zero-order valence-corrected chi connectivity index (χ0v) is 54.1. The van der Waals surface area contributed by atoms with Crippen LogP contribution in [0.15, 0.2) is 0 Å². The SMILES string of the molecule is CC(C)C1CC2(C1)CN(C(C)C)C2.CC(C)C1CCC2(CC1)CCN(C(C)C)CC2.CC(C)C1CCC2(CCN(C(C)C)C2)C1.CC(C)N1CC2(C1)CN(C(C)C)C2.CC(C)N1CCC2(CC1)CN(C(C)C)CCO2. The van der Waals surface area contributed by atoms with E-state index in [4.69, 9.17) is 4.74 Å². The zero-order chi connectivity index (χ0) is 55.3. The van der Waals surface area contributed by atoms with Gasteiger partial charge < -0.3 is 19.4 Å². The van der Waals surface area contributed by atoms with Crippen molar-refractivity contribution in [2.45, 2.75) is 276 Å². The van der Waals surface area contributed by atoms with Crippen LogP contribution in [0.5, 0.6) is 0 Å². The van der Waals surface area contributed by atoms with Gasteiger partial charge in [-0.15, -0.1) is 0 Å². The van der Waals surface area contributed by atoms with Crippen LogP contribution in [0, 0.1) is 57.2 Å². The molecule has 7 heterocycles. The highest BCUT2D eigenvalue weighted by atomic mass is 16.5. The lowest BCUT2D eigenvalue weighted by molar-refractivity contribution is -0.143. The second-order valence-electron chi connectivity index (χ2n) is 31.4. The Kier molecular flexibility index (Phi) is 23.1. The van der Waals surface area contributed by atoms with E-state index in [2.05, 4.69) is 173 Å². The fourth-order valence-corrected chi connectivity index (χ4v) is 16.1. The average Bonchev–Trinajstić information content (AvgIpc) is 3.92. The van der Waals surface area contributed by atoms with Crippen molar-refractivity contribution in [2.24, 2.45) is 57.2 Å². The van der Waals surface area contributed by atoms with Crippen LogP contribution in [0.25, 0.3) is 0 Å². The first-order valence-corrected chi connectivity index (χ1v) is 32.9. The van der Waals surface area contributed by atoms with E-state index in [0.29, 0.717) is 17.5 Å². The predicted molar refractivity (Wildman–Crippen MR) is 325 cm³/mol. The normalized spacial score (nSPS) is 30.3. The van der Waals surface area contributed by atoms with Gasteiger partial charge in [0.2, 0.25) is 0 Å². The van der Waals surface area contributed by atoms with Crippen LogP contribution >= 0.6 is 0 Å². The third-order valence-electron chi connectivity index (χ3n) is 22.7. The largest absolute Gasteiger partial charge is 0.372 e. The van der Waals surface area contributed by atoms with Gasteiger partial charge in [-0.2, -0.15) is 0 Å². The highest BCUT2D eigenvalue weighted by molar-refractivity contribution is 5.07. The van der Waals surface area contributed by atoms with E-state index >= 15 is 0 Å². The molecule has 10 rings (SSSR count). The topological polar surface area (TPSA) is 31.9 Å². The molecule has 2 unspecified atom stereocenters. The molecule has 5 spiro atoms. The summed E-state index contributed by atoms with van der Waals surface area (Å²) in [6.45, 7) is 65.8. The molecule has 3 saturated carbocycles. The van der Waals surface area contributed by atoms with Gasteiger partial charge in [0.15, 0.2) is 0 Å². The summed E-state index contributed by atoms with van der Waals surface area (Å²) in [4.78, 5) is 18.3. The van der Waals surface area contributed by atoms with Crippen molar-refractivity contribution in [1.82, 2.24) is 34.3 Å². The van der Waals surface area contributed by atoms with Gasteiger partial charge in [0.1, 0.15) is 0 Å². The van der Waals surface area contributed by atoms with Gasteiger partial charge in [-0.25, -0.2) is 0 Å². The van der Waals surface area contributed by atoms with Gasteiger partial charge in [0, 0.05) is 120 Å². The summed E-state index contributed by atoms with van der Waals surface area (Å²) < 4.78 is 6.15.